The molecule has 6 heterocycles. The van der Waals surface area contributed by atoms with Gasteiger partial charge in [-0.1, -0.05) is 140 Å². The summed E-state index contributed by atoms with van der Waals surface area (Å²) in [6.07, 6.45) is 5.20. The Bertz CT molecular complexity index is 4500. The number of rotatable bonds is 20. The molecule has 0 amide bonds. The number of carbonyl (C=O) groups is 2. The Balaban J connectivity index is 0.000000281. The Morgan fingerprint density at radius 2 is 0.913 bits per heavy atom. The molecular formula is C76H93BBrCl4N5O11S5. The molecule has 3 aromatic carbocycles. The third kappa shape index (κ3) is 30.6. The van der Waals surface area contributed by atoms with Gasteiger partial charge < -0.3 is 36.3 Å². The maximum absolute atomic E-state index is 12.3. The molecule has 9 aromatic rings. The fourth-order valence-corrected chi connectivity index (χ4v) is 16.6. The number of sulfone groups is 1. The summed E-state index contributed by atoms with van der Waals surface area (Å²) in [5.41, 5.74) is 20.6. The maximum Gasteiger partial charge on any atom is 0.302 e. The van der Waals surface area contributed by atoms with Gasteiger partial charge in [0.15, 0.2) is 9.84 Å². The van der Waals surface area contributed by atoms with E-state index >= 15 is 0 Å². The highest BCUT2D eigenvalue weighted by molar-refractivity contribution is 9.10. The Morgan fingerprint density at radius 3 is 1.25 bits per heavy atom. The summed E-state index contributed by atoms with van der Waals surface area (Å²) in [6.45, 7) is 29.0. The van der Waals surface area contributed by atoms with Crippen LogP contribution < -0.4 is 16.9 Å². The molecule has 0 saturated heterocycles. The van der Waals surface area contributed by atoms with Gasteiger partial charge in [-0.25, -0.2) is 16.8 Å². The van der Waals surface area contributed by atoms with Crippen molar-refractivity contribution in [2.45, 2.75) is 144 Å². The van der Waals surface area contributed by atoms with E-state index in [9.17, 15) is 31.5 Å². The zero-order chi connectivity index (χ0) is 77.8. The second-order valence-corrected chi connectivity index (χ2v) is 38.0. The average Bonchev–Trinajstić information content (AvgIpc) is 1.70. The molecule has 0 saturated carbocycles. The summed E-state index contributed by atoms with van der Waals surface area (Å²) in [7, 11) is 4.15. The molecule has 103 heavy (non-hydrogen) atoms. The van der Waals surface area contributed by atoms with Crippen LogP contribution in [0.25, 0.3) is 53.6 Å². The van der Waals surface area contributed by atoms with Crippen LogP contribution >= 0.6 is 95.4 Å². The van der Waals surface area contributed by atoms with Crippen molar-refractivity contribution < 1.29 is 51.2 Å². The Kier molecular flexibility index (Phi) is 34.1. The molecule has 0 aliphatic rings. The number of aliphatic hydroxyl groups is 3. The standard InChI is InChI=1S/C24H28ClNO3S2.C21H21ClN2O2S.C11H14BNO2.C10H7BrClNS.C6H14O2.C4H9ClO2S/c1-16(2)13-31(28,29)14-17-5-6-20(21(25)9-17)22-10-19(12-30-22)18-7-8-26-23(11-18)24(3,4)15-27;1-13(25)26-12-21(2,3)20-9-14(6-7-24-20)15-8-19(27-11-15)17-5-4-16(23)10-18(17)22;1-8(14)15-7-11(2,3)10-6-9(12)4-5-13-10;11-6-3-10(14-5-6)8-2-1-7(13)4-9(8)12;1-5(2,7)6(3,4)8;1-4(2)3-8(5,6)7/h5-12,16,27H,13-15H2,1-4H3;4-11H,12,23H2,1-3H3;4-6H,7H2,1-3H3;1-5H,13H2;7-8H,1-4H3;4H,3H2,1-2H3. The molecule has 0 spiro atoms. The first-order valence-electron chi connectivity index (χ1n) is 32.4. The number of hydrogen-bond donors (Lipinski definition) is 5. The van der Waals surface area contributed by atoms with E-state index < -0.39 is 35.5 Å². The summed E-state index contributed by atoms with van der Waals surface area (Å²) in [6, 6.07) is 34.3. The molecule has 0 atom stereocenters. The zero-order valence-electron chi connectivity index (χ0n) is 60.9. The maximum atomic E-state index is 12.3. The number of pyridine rings is 3. The van der Waals surface area contributed by atoms with Gasteiger partial charge in [0.25, 0.3) is 0 Å². The zero-order valence-corrected chi connectivity index (χ0v) is 69.6. The first kappa shape index (κ1) is 89.6. The molecule has 0 aliphatic carbocycles. The minimum Gasteiger partial charge on any atom is -0.465 e. The highest BCUT2D eigenvalue weighted by Gasteiger charge is 2.32. The molecule has 6 aromatic heterocycles. The van der Waals surface area contributed by atoms with Crippen LogP contribution in [-0.2, 0) is 59.9 Å². The molecule has 0 bridgehead atoms. The largest absolute Gasteiger partial charge is 0.465 e. The number of carbonyl (C=O) groups excluding carboxylic acids is 2. The lowest BCUT2D eigenvalue weighted by Crippen LogP contribution is -2.44. The van der Waals surface area contributed by atoms with E-state index in [-0.39, 0.29) is 65.1 Å². The Hall–Kier alpha value is -5.77. The van der Waals surface area contributed by atoms with E-state index in [1.807, 2.05) is 127 Å². The van der Waals surface area contributed by atoms with Gasteiger partial charge in [0.1, 0.15) is 21.1 Å². The van der Waals surface area contributed by atoms with E-state index in [0.29, 0.717) is 44.1 Å². The van der Waals surface area contributed by atoms with Crippen molar-refractivity contribution in [3.8, 4) is 53.6 Å². The summed E-state index contributed by atoms with van der Waals surface area (Å²) >= 11 is 27.2. The molecule has 0 aliphatic heterocycles. The van der Waals surface area contributed by atoms with E-state index in [1.54, 1.807) is 124 Å². The second-order valence-electron chi connectivity index (χ2n) is 28.2. The fourth-order valence-electron chi connectivity index (χ4n) is 8.81. The molecule has 556 valence electrons. The first-order chi connectivity index (χ1) is 47.5. The molecule has 7 N–H and O–H groups in total. The molecule has 9 rings (SSSR count). The topological polar surface area (TPSA) is 272 Å². The molecule has 0 fully saturated rings. The number of ether oxygens (including phenoxy) is 2. The summed E-state index contributed by atoms with van der Waals surface area (Å²) in [4.78, 5) is 38.2. The monoisotopic (exact) mass is 1640 g/mol. The number of hydrogen-bond acceptors (Lipinski definition) is 19. The van der Waals surface area contributed by atoms with Crippen molar-refractivity contribution in [2.75, 3.05) is 42.8 Å². The van der Waals surface area contributed by atoms with E-state index in [1.165, 1.54) is 13.8 Å². The number of nitrogens with zero attached hydrogens (tertiary/aromatic N) is 3. The van der Waals surface area contributed by atoms with Gasteiger partial charge in [0, 0.05) is 134 Å². The molecule has 16 nitrogen and oxygen atoms in total. The van der Waals surface area contributed by atoms with Crippen molar-refractivity contribution in [2.24, 2.45) is 11.8 Å². The molecular weight excluding hydrogens is 1550 g/mol. The highest BCUT2D eigenvalue weighted by Crippen LogP contribution is 2.41. The van der Waals surface area contributed by atoms with Crippen LogP contribution in [0.3, 0.4) is 0 Å². The number of nitrogen functional groups attached to an aromatic ring is 2. The van der Waals surface area contributed by atoms with Crippen molar-refractivity contribution in [1.29, 1.82) is 0 Å². The minimum atomic E-state index is -3.25. The van der Waals surface area contributed by atoms with Gasteiger partial charge >= 0.3 is 11.9 Å². The van der Waals surface area contributed by atoms with E-state index in [4.69, 9.17) is 84.5 Å². The predicted molar refractivity (Wildman–Crippen MR) is 436 cm³/mol. The van der Waals surface area contributed by atoms with Crippen molar-refractivity contribution in [3.63, 3.8) is 0 Å². The van der Waals surface area contributed by atoms with Gasteiger partial charge in [-0.3, -0.25) is 24.5 Å². The quantitative estimate of drug-likeness (QED) is 0.0205. The van der Waals surface area contributed by atoms with Crippen molar-refractivity contribution >= 4 is 151 Å². The number of aliphatic hydroxyl groups excluding tert-OH is 1. The SMILES string of the molecule is CC(=O)OCC(C)(C)c1cc(-c2csc(-c3ccc(N)cc3Cl)c2)ccn1.CC(C)(O)C(C)(C)O.CC(C)CS(=O)(=O)Cc1ccc(-c2cc(-c3ccnc(C(C)(C)CO)c3)cs2)c(Cl)c1.CC(C)CS(=O)(=O)Cl.Nc1ccc(-c2cc(Br)cs2)c(Cl)c1.[B]c1ccnc(C(C)(C)COC(C)=O)c1. The summed E-state index contributed by atoms with van der Waals surface area (Å²) in [5, 5.41) is 35.9. The van der Waals surface area contributed by atoms with E-state index in [0.717, 1.165) is 75.1 Å². The summed E-state index contributed by atoms with van der Waals surface area (Å²) < 4.78 is 56.2. The number of halogens is 5. The molecule has 27 heteroatoms. The normalized spacial score (nSPS) is 11.9. The number of aromatic nitrogens is 3. The lowest BCUT2D eigenvalue weighted by molar-refractivity contribution is -0.143. The highest BCUT2D eigenvalue weighted by atomic mass is 79.9. The predicted octanol–water partition coefficient (Wildman–Crippen LogP) is 18.4. The van der Waals surface area contributed by atoms with Gasteiger partial charge in [0.2, 0.25) is 9.05 Å². The Morgan fingerprint density at radius 1 is 0.534 bits per heavy atom. The number of anilines is 2. The molecule has 0 unspecified atom stereocenters. The third-order valence-corrected chi connectivity index (χ3v) is 23.3. The number of esters is 2. The Labute approximate surface area is 649 Å². The van der Waals surface area contributed by atoms with E-state index in [2.05, 4.69) is 53.8 Å². The van der Waals surface area contributed by atoms with Crippen LogP contribution in [0.4, 0.5) is 11.4 Å². The first-order valence-corrected chi connectivity index (χ1v) is 41.3. The lowest BCUT2D eigenvalue weighted by atomic mass is 9.86. The number of benzene rings is 3. The minimum absolute atomic E-state index is 0.00129. The van der Waals surface area contributed by atoms with Gasteiger partial charge in [-0.15, -0.1) is 34.0 Å². The van der Waals surface area contributed by atoms with Crippen LogP contribution in [0.1, 0.15) is 133 Å². The van der Waals surface area contributed by atoms with Crippen LogP contribution in [-0.4, -0.2) is 109 Å². The number of thiophene rings is 3. The third-order valence-electron chi connectivity index (χ3n) is 15.3. The second kappa shape index (κ2) is 39.2. The van der Waals surface area contributed by atoms with Crippen LogP contribution in [0.5, 0.6) is 0 Å². The molecule has 2 radical (unpaired) electrons. The van der Waals surface area contributed by atoms with Gasteiger partial charge in [0.05, 0.1) is 45.1 Å². The summed E-state index contributed by atoms with van der Waals surface area (Å²) in [5.74, 6) is -0.121. The smallest absolute Gasteiger partial charge is 0.302 e. The lowest BCUT2D eigenvalue weighted by Gasteiger charge is -2.31. The van der Waals surface area contributed by atoms with Crippen molar-refractivity contribution in [1.82, 2.24) is 15.0 Å². The van der Waals surface area contributed by atoms with Crippen LogP contribution in [0.2, 0.25) is 15.1 Å². The van der Waals surface area contributed by atoms with Crippen molar-refractivity contribution in [3.05, 3.63) is 186 Å². The fraction of sp³-hybridized carbons (Fsp3) is 0.382. The average molecular weight is 1650 g/mol. The van der Waals surface area contributed by atoms with Crippen LogP contribution in [0.15, 0.2) is 148 Å². The number of nitrogens with two attached hydrogens (primary N) is 2. The van der Waals surface area contributed by atoms with Gasteiger partial charge in [-0.05, 0) is 173 Å². The van der Waals surface area contributed by atoms with Gasteiger partial charge in [-0.2, -0.15) is 0 Å². The van der Waals surface area contributed by atoms with Crippen LogP contribution in [0, 0.1) is 11.8 Å².